The van der Waals surface area contributed by atoms with Gasteiger partial charge in [-0.3, -0.25) is 9.59 Å². The summed E-state index contributed by atoms with van der Waals surface area (Å²) in [7, 11) is 0. The van der Waals surface area contributed by atoms with Crippen molar-refractivity contribution in [3.05, 3.63) is 40.4 Å². The number of carbonyl (C=O) groups is 2. The predicted octanol–water partition coefficient (Wildman–Crippen LogP) is 3.22. The zero-order valence-electron chi connectivity index (χ0n) is 11.1. The minimum absolute atomic E-state index is 0.133. The van der Waals surface area contributed by atoms with Gasteiger partial charge in [0.25, 0.3) is 0 Å². The van der Waals surface area contributed by atoms with Crippen LogP contribution in [0.1, 0.15) is 31.2 Å². The van der Waals surface area contributed by atoms with Crippen molar-refractivity contribution < 1.29 is 14.7 Å². The highest BCUT2D eigenvalue weighted by Gasteiger charge is 1.98. The molecule has 0 aliphatic rings. The lowest BCUT2D eigenvalue weighted by Gasteiger charge is -2.01. The van der Waals surface area contributed by atoms with Crippen molar-refractivity contribution in [2.75, 3.05) is 6.54 Å². The van der Waals surface area contributed by atoms with Crippen molar-refractivity contribution in [3.8, 4) is 0 Å². The Morgan fingerprint density at radius 3 is 2.50 bits per heavy atom. The topological polar surface area (TPSA) is 66.4 Å². The van der Waals surface area contributed by atoms with E-state index in [2.05, 4.69) is 21.2 Å². The maximum absolute atomic E-state index is 11.5. The Morgan fingerprint density at radius 2 is 1.85 bits per heavy atom. The van der Waals surface area contributed by atoms with Crippen molar-refractivity contribution in [2.24, 2.45) is 0 Å². The van der Waals surface area contributed by atoms with Crippen LogP contribution in [0.15, 0.2) is 34.8 Å². The highest BCUT2D eigenvalue weighted by Crippen LogP contribution is 2.11. The molecule has 0 spiro atoms. The van der Waals surface area contributed by atoms with E-state index >= 15 is 0 Å². The maximum Gasteiger partial charge on any atom is 0.303 e. The second-order valence-corrected chi connectivity index (χ2v) is 5.30. The summed E-state index contributed by atoms with van der Waals surface area (Å²) in [4.78, 5) is 21.8. The molecule has 0 saturated carbocycles. The summed E-state index contributed by atoms with van der Waals surface area (Å²) in [5.41, 5.74) is 0.963. The maximum atomic E-state index is 11.5. The van der Waals surface area contributed by atoms with E-state index in [-0.39, 0.29) is 12.3 Å². The Hall–Kier alpha value is -1.62. The van der Waals surface area contributed by atoms with Crippen molar-refractivity contribution in [2.45, 2.75) is 25.7 Å². The number of nitrogens with one attached hydrogen (secondary N) is 1. The number of carbonyl (C=O) groups excluding carboxylic acids is 1. The summed E-state index contributed by atoms with van der Waals surface area (Å²) in [6.07, 6.45) is 5.71. The van der Waals surface area contributed by atoms with Crippen LogP contribution in [0.5, 0.6) is 0 Å². The minimum Gasteiger partial charge on any atom is -0.481 e. The number of hydrogen-bond acceptors (Lipinski definition) is 2. The van der Waals surface area contributed by atoms with Gasteiger partial charge < -0.3 is 10.4 Å². The molecule has 5 heteroatoms. The molecule has 1 aromatic rings. The Kier molecular flexibility index (Phi) is 7.65. The van der Waals surface area contributed by atoms with E-state index in [1.54, 1.807) is 6.08 Å². The third kappa shape index (κ3) is 7.74. The molecule has 0 aliphatic heterocycles. The fourth-order valence-electron chi connectivity index (χ4n) is 1.59. The van der Waals surface area contributed by atoms with E-state index in [0.29, 0.717) is 13.0 Å². The lowest BCUT2D eigenvalue weighted by molar-refractivity contribution is -0.137. The van der Waals surface area contributed by atoms with Crippen LogP contribution in [0.2, 0.25) is 0 Å². The standard InChI is InChI=1S/C15H18BrNO3/c16-13-8-5-12(6-9-13)7-10-14(18)17-11-3-1-2-4-15(19)20/h5-10H,1-4,11H2,(H,17,18)(H,19,20)/b10-7+. The molecule has 0 saturated heterocycles. The summed E-state index contributed by atoms with van der Waals surface area (Å²) < 4.78 is 1.00. The van der Waals surface area contributed by atoms with Crippen LogP contribution in [0.4, 0.5) is 0 Å². The molecule has 1 aromatic carbocycles. The van der Waals surface area contributed by atoms with Gasteiger partial charge in [-0.25, -0.2) is 0 Å². The number of amides is 1. The van der Waals surface area contributed by atoms with Crippen LogP contribution < -0.4 is 5.32 Å². The summed E-state index contributed by atoms with van der Waals surface area (Å²) >= 11 is 3.35. The minimum atomic E-state index is -0.772. The van der Waals surface area contributed by atoms with Crippen molar-refractivity contribution in [1.82, 2.24) is 5.32 Å². The van der Waals surface area contributed by atoms with Crippen LogP contribution in [0, 0.1) is 0 Å². The van der Waals surface area contributed by atoms with Crippen LogP contribution in [0.3, 0.4) is 0 Å². The molecule has 0 aromatic heterocycles. The second-order valence-electron chi connectivity index (χ2n) is 4.38. The molecule has 108 valence electrons. The monoisotopic (exact) mass is 339 g/mol. The Labute approximate surface area is 127 Å². The highest BCUT2D eigenvalue weighted by molar-refractivity contribution is 9.10. The van der Waals surface area contributed by atoms with Gasteiger partial charge in [-0.05, 0) is 36.6 Å². The highest BCUT2D eigenvalue weighted by atomic mass is 79.9. The van der Waals surface area contributed by atoms with Crippen LogP contribution >= 0.6 is 15.9 Å². The molecule has 0 fully saturated rings. The number of unbranched alkanes of at least 4 members (excludes halogenated alkanes) is 2. The Morgan fingerprint density at radius 1 is 1.15 bits per heavy atom. The molecule has 2 N–H and O–H groups in total. The van der Waals surface area contributed by atoms with E-state index in [1.807, 2.05) is 24.3 Å². The number of rotatable bonds is 8. The first-order chi connectivity index (χ1) is 9.58. The van der Waals surface area contributed by atoms with Crippen LogP contribution in [-0.2, 0) is 9.59 Å². The Balaban J connectivity index is 2.17. The fraction of sp³-hybridized carbons (Fsp3) is 0.333. The summed E-state index contributed by atoms with van der Waals surface area (Å²) in [6, 6.07) is 7.67. The largest absolute Gasteiger partial charge is 0.481 e. The molecule has 0 radical (unpaired) electrons. The molecular formula is C15H18BrNO3. The number of halogens is 1. The molecule has 0 bridgehead atoms. The first kappa shape index (κ1) is 16.4. The Bertz CT molecular complexity index is 469. The summed E-state index contributed by atoms with van der Waals surface area (Å²) in [5, 5.41) is 11.2. The molecule has 0 heterocycles. The van der Waals surface area contributed by atoms with Crippen LogP contribution in [-0.4, -0.2) is 23.5 Å². The van der Waals surface area contributed by atoms with Gasteiger partial charge in [0.1, 0.15) is 0 Å². The van der Waals surface area contributed by atoms with Gasteiger partial charge in [0, 0.05) is 23.5 Å². The number of benzene rings is 1. The molecule has 20 heavy (non-hydrogen) atoms. The molecule has 0 aliphatic carbocycles. The lowest BCUT2D eigenvalue weighted by Crippen LogP contribution is -2.22. The van der Waals surface area contributed by atoms with E-state index in [0.717, 1.165) is 22.9 Å². The van der Waals surface area contributed by atoms with Gasteiger partial charge in [0.2, 0.25) is 5.91 Å². The molecular weight excluding hydrogens is 322 g/mol. The van der Waals surface area contributed by atoms with Gasteiger partial charge in [-0.1, -0.05) is 34.5 Å². The SMILES string of the molecule is O=C(O)CCCCCNC(=O)/C=C/c1ccc(Br)cc1. The molecule has 4 nitrogen and oxygen atoms in total. The number of hydrogen-bond donors (Lipinski definition) is 2. The number of carboxylic acids is 1. The molecule has 1 rings (SSSR count). The second kappa shape index (κ2) is 9.31. The lowest BCUT2D eigenvalue weighted by atomic mass is 10.2. The van der Waals surface area contributed by atoms with E-state index in [1.165, 1.54) is 6.08 Å². The average Bonchev–Trinajstić information content (AvgIpc) is 2.41. The van der Waals surface area contributed by atoms with Crippen molar-refractivity contribution in [3.63, 3.8) is 0 Å². The van der Waals surface area contributed by atoms with Crippen molar-refractivity contribution >= 4 is 33.9 Å². The zero-order valence-corrected chi connectivity index (χ0v) is 12.7. The normalized spacial score (nSPS) is 10.7. The summed E-state index contributed by atoms with van der Waals surface area (Å²) in [5.74, 6) is -0.905. The smallest absolute Gasteiger partial charge is 0.303 e. The predicted molar refractivity (Wildman–Crippen MR) is 82.3 cm³/mol. The van der Waals surface area contributed by atoms with Gasteiger partial charge >= 0.3 is 5.97 Å². The first-order valence-electron chi connectivity index (χ1n) is 6.51. The van der Waals surface area contributed by atoms with Gasteiger partial charge in [0.15, 0.2) is 0 Å². The number of carboxylic acid groups (broad SMARTS) is 1. The van der Waals surface area contributed by atoms with E-state index in [4.69, 9.17) is 5.11 Å². The van der Waals surface area contributed by atoms with Gasteiger partial charge in [-0.2, -0.15) is 0 Å². The fourth-order valence-corrected chi connectivity index (χ4v) is 1.86. The van der Waals surface area contributed by atoms with E-state index < -0.39 is 5.97 Å². The molecule has 0 unspecified atom stereocenters. The third-order valence-electron chi connectivity index (χ3n) is 2.66. The molecule has 0 atom stereocenters. The first-order valence-corrected chi connectivity index (χ1v) is 7.30. The van der Waals surface area contributed by atoms with Gasteiger partial charge in [-0.15, -0.1) is 0 Å². The van der Waals surface area contributed by atoms with Crippen molar-refractivity contribution in [1.29, 1.82) is 0 Å². The van der Waals surface area contributed by atoms with E-state index in [9.17, 15) is 9.59 Å². The number of aliphatic carboxylic acids is 1. The average molecular weight is 340 g/mol. The quantitative estimate of drug-likeness (QED) is 0.564. The zero-order chi connectivity index (χ0) is 14.8. The third-order valence-corrected chi connectivity index (χ3v) is 3.19. The molecule has 1 amide bonds. The van der Waals surface area contributed by atoms with Crippen LogP contribution in [0.25, 0.3) is 6.08 Å². The van der Waals surface area contributed by atoms with Gasteiger partial charge in [0.05, 0.1) is 0 Å². The summed E-state index contributed by atoms with van der Waals surface area (Å²) in [6.45, 7) is 0.573.